The summed E-state index contributed by atoms with van der Waals surface area (Å²) in [4.78, 5) is 16.1. The Morgan fingerprint density at radius 2 is 2.00 bits per heavy atom. The van der Waals surface area contributed by atoms with Crippen LogP contribution in [0.4, 0.5) is 0 Å². The normalized spacial score (nSPS) is 10.8. The van der Waals surface area contributed by atoms with Crippen LogP contribution >= 0.6 is 11.3 Å². The number of benzene rings is 1. The topological polar surface area (TPSA) is 50.2 Å². The number of aromatic nitrogens is 1. The molecule has 3 nitrogen and oxygen atoms in total. The zero-order chi connectivity index (χ0) is 13.1. The van der Waals surface area contributed by atoms with Gasteiger partial charge in [0.15, 0.2) is 0 Å². The molecule has 0 atom stereocenters. The monoisotopic (exact) mass is 261 g/mol. The second kappa shape index (κ2) is 5.31. The summed E-state index contributed by atoms with van der Waals surface area (Å²) in [5, 5.41) is 10.1. The Morgan fingerprint density at radius 1 is 1.33 bits per heavy atom. The quantitative estimate of drug-likeness (QED) is 0.912. The number of nitrogens with zero attached hydrogens (tertiary/aromatic N) is 1. The van der Waals surface area contributed by atoms with Gasteiger partial charge in [-0.15, -0.1) is 11.3 Å². The summed E-state index contributed by atoms with van der Waals surface area (Å²) in [7, 11) is 0. The van der Waals surface area contributed by atoms with Gasteiger partial charge in [-0.3, -0.25) is 0 Å². The summed E-state index contributed by atoms with van der Waals surface area (Å²) in [6.07, 6.45) is 0.817. The van der Waals surface area contributed by atoms with Gasteiger partial charge in [0.05, 0.1) is 10.7 Å². The lowest BCUT2D eigenvalue weighted by Crippen LogP contribution is -1.95. The van der Waals surface area contributed by atoms with Crippen LogP contribution in [0.1, 0.15) is 28.5 Å². The fourth-order valence-electron chi connectivity index (χ4n) is 1.74. The van der Waals surface area contributed by atoms with Crippen LogP contribution in [0.15, 0.2) is 30.3 Å². The number of hydrogen-bond acceptors (Lipinski definition) is 3. The summed E-state index contributed by atoms with van der Waals surface area (Å²) in [5.74, 6) is -0.428. The van der Waals surface area contributed by atoms with Crippen molar-refractivity contribution in [3.8, 4) is 11.3 Å². The summed E-state index contributed by atoms with van der Waals surface area (Å²) >= 11 is 1.28. The van der Waals surface area contributed by atoms with Crippen molar-refractivity contribution in [1.29, 1.82) is 0 Å². The van der Waals surface area contributed by atoms with Crippen LogP contribution in [0.5, 0.6) is 0 Å². The molecule has 0 spiro atoms. The van der Waals surface area contributed by atoms with E-state index in [1.54, 1.807) is 0 Å². The lowest BCUT2D eigenvalue weighted by atomic mass is 10.1. The minimum atomic E-state index is -0.902. The highest BCUT2D eigenvalue weighted by Crippen LogP contribution is 2.29. The Kier molecular flexibility index (Phi) is 3.77. The smallest absolute Gasteiger partial charge is 0.348 e. The van der Waals surface area contributed by atoms with E-state index in [4.69, 9.17) is 0 Å². The first-order valence-corrected chi connectivity index (χ1v) is 6.68. The summed E-state index contributed by atoms with van der Waals surface area (Å²) in [6.45, 7) is 4.20. The molecule has 2 rings (SSSR count). The molecule has 18 heavy (non-hydrogen) atoms. The zero-order valence-electron chi connectivity index (χ0n) is 10.4. The number of aromatic carboxylic acids is 1. The molecule has 0 fully saturated rings. The lowest BCUT2D eigenvalue weighted by molar-refractivity contribution is 0.0702. The molecule has 4 heteroatoms. The number of carbonyl (C=O) groups is 1. The Balaban J connectivity index is 2.45. The van der Waals surface area contributed by atoms with E-state index < -0.39 is 5.97 Å². The fourth-order valence-corrected chi connectivity index (χ4v) is 2.87. The molecule has 0 saturated carbocycles. The van der Waals surface area contributed by atoms with Gasteiger partial charge in [-0.25, -0.2) is 9.78 Å². The van der Waals surface area contributed by atoms with Gasteiger partial charge in [-0.1, -0.05) is 44.2 Å². The predicted octanol–water partition coefficient (Wildman–Crippen LogP) is 3.71. The van der Waals surface area contributed by atoms with E-state index in [-0.39, 0.29) is 0 Å². The molecule has 0 aliphatic carbocycles. The average Bonchev–Trinajstić information content (AvgIpc) is 2.73. The molecule has 0 saturated heterocycles. The number of carboxylic acid groups (broad SMARTS) is 1. The van der Waals surface area contributed by atoms with Crippen LogP contribution in [-0.4, -0.2) is 16.1 Å². The SMILES string of the molecule is CC(C)Cc1nc(-c2ccccc2)c(C(=O)O)s1. The molecule has 1 N–H and O–H groups in total. The van der Waals surface area contributed by atoms with Gasteiger partial charge in [0.25, 0.3) is 0 Å². The van der Waals surface area contributed by atoms with Crippen molar-refractivity contribution in [3.05, 3.63) is 40.2 Å². The van der Waals surface area contributed by atoms with Crippen LogP contribution in [0.25, 0.3) is 11.3 Å². The van der Waals surface area contributed by atoms with Crippen molar-refractivity contribution in [1.82, 2.24) is 4.98 Å². The van der Waals surface area contributed by atoms with Crippen LogP contribution in [0.2, 0.25) is 0 Å². The van der Waals surface area contributed by atoms with Gasteiger partial charge in [-0.05, 0) is 5.92 Å². The van der Waals surface area contributed by atoms with Crippen molar-refractivity contribution < 1.29 is 9.90 Å². The van der Waals surface area contributed by atoms with Crippen molar-refractivity contribution in [2.75, 3.05) is 0 Å². The molecule has 0 aliphatic heterocycles. The first-order valence-electron chi connectivity index (χ1n) is 5.86. The second-order valence-electron chi connectivity index (χ2n) is 4.55. The van der Waals surface area contributed by atoms with E-state index in [1.807, 2.05) is 30.3 Å². The van der Waals surface area contributed by atoms with E-state index >= 15 is 0 Å². The Bertz CT molecular complexity index is 546. The third-order valence-electron chi connectivity index (χ3n) is 2.50. The molecule has 0 amide bonds. The van der Waals surface area contributed by atoms with E-state index in [2.05, 4.69) is 18.8 Å². The van der Waals surface area contributed by atoms with E-state index in [1.165, 1.54) is 11.3 Å². The van der Waals surface area contributed by atoms with Crippen molar-refractivity contribution >= 4 is 17.3 Å². The van der Waals surface area contributed by atoms with Crippen molar-refractivity contribution in [3.63, 3.8) is 0 Å². The van der Waals surface area contributed by atoms with Gasteiger partial charge < -0.3 is 5.11 Å². The van der Waals surface area contributed by atoms with Gasteiger partial charge in [0.1, 0.15) is 4.88 Å². The fraction of sp³-hybridized carbons (Fsp3) is 0.286. The highest BCUT2D eigenvalue weighted by Gasteiger charge is 2.18. The molecular weight excluding hydrogens is 246 g/mol. The highest BCUT2D eigenvalue weighted by atomic mass is 32.1. The number of hydrogen-bond donors (Lipinski definition) is 1. The third kappa shape index (κ3) is 2.76. The molecule has 0 unspecified atom stereocenters. The van der Waals surface area contributed by atoms with Crippen molar-refractivity contribution in [2.45, 2.75) is 20.3 Å². The molecule has 0 radical (unpaired) electrons. The Hall–Kier alpha value is -1.68. The first-order chi connectivity index (χ1) is 8.58. The molecule has 1 aromatic carbocycles. The van der Waals surface area contributed by atoms with E-state index in [0.29, 0.717) is 16.5 Å². The summed E-state index contributed by atoms with van der Waals surface area (Å²) < 4.78 is 0. The molecule has 0 bridgehead atoms. The predicted molar refractivity (Wildman–Crippen MR) is 73.1 cm³/mol. The van der Waals surface area contributed by atoms with E-state index in [9.17, 15) is 9.90 Å². The minimum absolute atomic E-state index is 0.330. The highest BCUT2D eigenvalue weighted by molar-refractivity contribution is 7.14. The van der Waals surface area contributed by atoms with Gasteiger partial charge in [0, 0.05) is 12.0 Å². The van der Waals surface area contributed by atoms with Gasteiger partial charge in [0.2, 0.25) is 0 Å². The molecule has 1 aromatic heterocycles. The molecule has 0 aliphatic rings. The standard InChI is InChI=1S/C14H15NO2S/c1-9(2)8-11-15-12(13(18-11)14(16)17)10-6-4-3-5-7-10/h3-7,9H,8H2,1-2H3,(H,16,17). The molecule has 2 aromatic rings. The Labute approximate surface area is 110 Å². The average molecular weight is 261 g/mol. The van der Waals surface area contributed by atoms with Crippen LogP contribution in [-0.2, 0) is 6.42 Å². The van der Waals surface area contributed by atoms with E-state index in [0.717, 1.165) is 17.0 Å². The maximum atomic E-state index is 11.3. The maximum absolute atomic E-state index is 11.3. The van der Waals surface area contributed by atoms with Gasteiger partial charge in [-0.2, -0.15) is 0 Å². The van der Waals surface area contributed by atoms with Gasteiger partial charge >= 0.3 is 5.97 Å². The number of carboxylic acids is 1. The first kappa shape index (κ1) is 12.8. The number of thiazole rings is 1. The number of rotatable bonds is 4. The summed E-state index contributed by atoms with van der Waals surface area (Å²) in [6, 6.07) is 9.47. The second-order valence-corrected chi connectivity index (χ2v) is 5.64. The largest absolute Gasteiger partial charge is 0.477 e. The lowest BCUT2D eigenvalue weighted by Gasteiger charge is -1.99. The molecule has 1 heterocycles. The molecular formula is C14H15NO2S. The van der Waals surface area contributed by atoms with Crippen LogP contribution < -0.4 is 0 Å². The van der Waals surface area contributed by atoms with Crippen LogP contribution in [0, 0.1) is 5.92 Å². The minimum Gasteiger partial charge on any atom is -0.477 e. The Morgan fingerprint density at radius 3 is 2.56 bits per heavy atom. The third-order valence-corrected chi connectivity index (χ3v) is 3.56. The zero-order valence-corrected chi connectivity index (χ0v) is 11.2. The van der Waals surface area contributed by atoms with Crippen LogP contribution in [0.3, 0.4) is 0 Å². The van der Waals surface area contributed by atoms with Crippen molar-refractivity contribution in [2.24, 2.45) is 5.92 Å². The summed E-state index contributed by atoms with van der Waals surface area (Å²) in [5.41, 5.74) is 1.45. The molecule has 94 valence electrons. The maximum Gasteiger partial charge on any atom is 0.348 e.